The average molecular weight is 1170 g/mol. The maximum absolute atomic E-state index is 8.61. The highest BCUT2D eigenvalue weighted by molar-refractivity contribution is 4.49. The van der Waals surface area contributed by atoms with Crippen molar-refractivity contribution in [2.75, 3.05) is 297 Å². The average Bonchev–Trinajstić information content (AvgIpc) is 3.47. The van der Waals surface area contributed by atoms with Gasteiger partial charge < -0.3 is 109 Å². The molecule has 0 atom stereocenters. The molecule has 0 spiro atoms. The quantitative estimate of drug-likeness (QED) is 0.0818. The molecule has 0 aliphatic rings. The van der Waals surface area contributed by atoms with Crippen LogP contribution in [0.3, 0.4) is 0 Å². The molecule has 0 aliphatic carbocycles. The van der Waals surface area contributed by atoms with Gasteiger partial charge in [-0.1, -0.05) is 71.1 Å². The van der Waals surface area contributed by atoms with Gasteiger partial charge in [-0.3, -0.25) is 0 Å². The summed E-state index contributed by atoms with van der Waals surface area (Å²) in [7, 11) is 0. The van der Waals surface area contributed by atoms with E-state index in [0.717, 1.165) is 13.0 Å². The Labute approximate surface area is 482 Å². The number of hydrogen-bond acceptors (Lipinski definition) is 23. The van der Waals surface area contributed by atoms with Gasteiger partial charge in [-0.25, -0.2) is 0 Å². The van der Waals surface area contributed by atoms with Gasteiger partial charge in [0, 0.05) is 6.61 Å². The van der Waals surface area contributed by atoms with Crippen LogP contribution in [0, 0.1) is 0 Å². The first-order valence-corrected chi connectivity index (χ1v) is 30.2. The smallest absolute Gasteiger partial charge is 0.0701 e. The molecule has 0 saturated heterocycles. The summed E-state index contributed by atoms with van der Waals surface area (Å²) >= 11 is 0. The monoisotopic (exact) mass is 1170 g/mol. The second-order valence-corrected chi connectivity index (χ2v) is 17.7. The van der Waals surface area contributed by atoms with Crippen molar-refractivity contribution in [3.8, 4) is 0 Å². The van der Waals surface area contributed by atoms with E-state index in [2.05, 4.69) is 6.92 Å². The van der Waals surface area contributed by atoms with Crippen molar-refractivity contribution in [1.29, 1.82) is 0 Å². The summed E-state index contributed by atoms with van der Waals surface area (Å²) in [6, 6.07) is 0. The van der Waals surface area contributed by atoms with E-state index in [1.165, 1.54) is 64.2 Å². The highest BCUT2D eigenvalue weighted by Crippen LogP contribution is 2.11. The Bertz CT molecular complexity index is 972. The van der Waals surface area contributed by atoms with Crippen LogP contribution in [0.1, 0.15) is 77.6 Å². The molecule has 0 unspecified atom stereocenters. The first kappa shape index (κ1) is 79.1. The molecular formula is C57H116O23. The summed E-state index contributed by atoms with van der Waals surface area (Å²) in [5.74, 6) is 0. The van der Waals surface area contributed by atoms with Gasteiger partial charge in [0.05, 0.1) is 291 Å². The van der Waals surface area contributed by atoms with E-state index >= 15 is 0 Å². The van der Waals surface area contributed by atoms with Crippen molar-refractivity contribution in [2.24, 2.45) is 0 Å². The molecule has 482 valence electrons. The summed E-state index contributed by atoms with van der Waals surface area (Å²) in [5.41, 5.74) is 0. The van der Waals surface area contributed by atoms with E-state index in [4.69, 9.17) is 109 Å². The minimum absolute atomic E-state index is 0.0193. The predicted octanol–water partition coefficient (Wildman–Crippen LogP) is 4.65. The molecule has 0 heterocycles. The topological polar surface area (TPSA) is 223 Å². The van der Waals surface area contributed by atoms with E-state index in [1.54, 1.807) is 0 Å². The minimum atomic E-state index is 0.0193. The molecular weight excluding hydrogens is 1050 g/mol. The van der Waals surface area contributed by atoms with Gasteiger partial charge in [-0.2, -0.15) is 0 Å². The highest BCUT2D eigenvalue weighted by atomic mass is 16.6. The number of hydrogen-bond donors (Lipinski definition) is 1. The maximum Gasteiger partial charge on any atom is 0.0701 e. The lowest BCUT2D eigenvalue weighted by atomic mass is 10.1. The van der Waals surface area contributed by atoms with Crippen molar-refractivity contribution < 1.29 is 109 Å². The summed E-state index contributed by atoms with van der Waals surface area (Å²) in [6.45, 7) is 24.6. The molecule has 0 aromatic rings. The van der Waals surface area contributed by atoms with Crippen LogP contribution in [-0.2, 0) is 104 Å². The van der Waals surface area contributed by atoms with E-state index in [1.807, 2.05) is 0 Å². The lowest BCUT2D eigenvalue weighted by Gasteiger charge is -2.09. The van der Waals surface area contributed by atoms with Gasteiger partial charge >= 0.3 is 0 Å². The number of ether oxygens (including phenoxy) is 22. The molecule has 0 aliphatic heterocycles. The van der Waals surface area contributed by atoms with Gasteiger partial charge in [0.15, 0.2) is 0 Å². The Morgan fingerprint density at radius 2 is 0.250 bits per heavy atom. The second-order valence-electron chi connectivity index (χ2n) is 17.7. The Hall–Kier alpha value is -0.920. The van der Waals surface area contributed by atoms with Gasteiger partial charge in [-0.15, -0.1) is 0 Å². The fourth-order valence-electron chi connectivity index (χ4n) is 6.65. The Morgan fingerprint density at radius 3 is 0.388 bits per heavy atom. The molecule has 1 N–H and O–H groups in total. The molecule has 0 aromatic heterocycles. The zero-order valence-corrected chi connectivity index (χ0v) is 50.0. The summed E-state index contributed by atoms with van der Waals surface area (Å²) in [6.07, 6.45) is 14.8. The van der Waals surface area contributed by atoms with E-state index in [-0.39, 0.29) is 6.61 Å². The van der Waals surface area contributed by atoms with Crippen molar-refractivity contribution in [2.45, 2.75) is 77.6 Å². The number of aliphatic hydroxyl groups is 1. The Morgan fingerprint density at radius 1 is 0.138 bits per heavy atom. The Kier molecular flexibility index (Phi) is 77.2. The molecule has 0 fully saturated rings. The third-order valence-electron chi connectivity index (χ3n) is 10.9. The van der Waals surface area contributed by atoms with Crippen LogP contribution in [-0.4, -0.2) is 302 Å². The summed E-state index contributed by atoms with van der Waals surface area (Å²) in [4.78, 5) is 0. The van der Waals surface area contributed by atoms with Crippen molar-refractivity contribution in [3.05, 3.63) is 0 Å². The van der Waals surface area contributed by atoms with Crippen LogP contribution in [0.15, 0.2) is 0 Å². The minimum Gasteiger partial charge on any atom is -0.394 e. The number of aliphatic hydroxyl groups excluding tert-OH is 1. The number of unbranched alkanes of at least 4 members (excludes halogenated alkanes) is 10. The largest absolute Gasteiger partial charge is 0.394 e. The fourth-order valence-corrected chi connectivity index (χ4v) is 6.65. The Balaban J connectivity index is 3.08. The van der Waals surface area contributed by atoms with E-state index in [9.17, 15) is 0 Å². The maximum atomic E-state index is 8.61. The number of rotatable bonds is 77. The fraction of sp³-hybridized carbons (Fsp3) is 1.00. The van der Waals surface area contributed by atoms with E-state index in [0.29, 0.717) is 284 Å². The SMILES string of the molecule is CCCCCCCCCCCCCOCCOCCOCCOCCOCCOCCOCCOCCOCCOCCOCCOCCOCCOCCOCCOCCOCCOCCOCCOCCOCCOCCO. The third-order valence-corrected chi connectivity index (χ3v) is 10.9. The highest BCUT2D eigenvalue weighted by Gasteiger charge is 2.01. The summed E-state index contributed by atoms with van der Waals surface area (Å²) < 4.78 is 121. The molecule has 0 bridgehead atoms. The molecule has 0 amide bonds. The van der Waals surface area contributed by atoms with Crippen molar-refractivity contribution in [1.82, 2.24) is 0 Å². The van der Waals surface area contributed by atoms with Crippen molar-refractivity contribution >= 4 is 0 Å². The zero-order valence-electron chi connectivity index (χ0n) is 50.0. The molecule has 80 heavy (non-hydrogen) atoms. The molecule has 23 heteroatoms. The zero-order chi connectivity index (χ0) is 57.2. The molecule has 0 rings (SSSR count). The lowest BCUT2D eigenvalue weighted by Crippen LogP contribution is -2.16. The van der Waals surface area contributed by atoms with Gasteiger partial charge in [-0.05, 0) is 6.42 Å². The third kappa shape index (κ3) is 77.1. The van der Waals surface area contributed by atoms with Crippen LogP contribution in [0.2, 0.25) is 0 Å². The standard InChI is InChI=1S/C57H116O23/c1-2-3-4-5-6-7-8-9-10-11-12-14-59-16-18-61-20-22-63-24-26-65-28-30-67-32-34-69-36-38-71-40-42-73-44-46-75-48-50-77-52-54-79-56-57-80-55-53-78-51-49-76-47-45-74-43-41-72-39-37-70-35-33-68-31-29-66-27-25-64-23-21-62-19-17-60-15-13-58/h58H,2-57H2,1H3. The molecule has 0 saturated carbocycles. The lowest BCUT2D eigenvalue weighted by molar-refractivity contribution is -0.0318. The van der Waals surface area contributed by atoms with Gasteiger partial charge in [0.2, 0.25) is 0 Å². The van der Waals surface area contributed by atoms with Crippen molar-refractivity contribution in [3.63, 3.8) is 0 Å². The van der Waals surface area contributed by atoms with Crippen LogP contribution < -0.4 is 0 Å². The van der Waals surface area contributed by atoms with Gasteiger partial charge in [0.25, 0.3) is 0 Å². The second kappa shape index (κ2) is 78.1. The predicted molar refractivity (Wildman–Crippen MR) is 302 cm³/mol. The van der Waals surface area contributed by atoms with E-state index < -0.39 is 0 Å². The van der Waals surface area contributed by atoms with Crippen LogP contribution in [0.5, 0.6) is 0 Å². The van der Waals surface area contributed by atoms with Gasteiger partial charge in [0.1, 0.15) is 0 Å². The first-order valence-electron chi connectivity index (χ1n) is 30.2. The first-order chi connectivity index (χ1) is 39.9. The van der Waals surface area contributed by atoms with Crippen LogP contribution in [0.25, 0.3) is 0 Å². The molecule has 0 aromatic carbocycles. The molecule has 23 nitrogen and oxygen atoms in total. The normalized spacial score (nSPS) is 11.8. The molecule has 0 radical (unpaired) electrons. The van der Waals surface area contributed by atoms with Crippen LogP contribution in [0.4, 0.5) is 0 Å². The van der Waals surface area contributed by atoms with Crippen LogP contribution >= 0.6 is 0 Å². The summed E-state index contributed by atoms with van der Waals surface area (Å²) in [5, 5.41) is 8.61.